The van der Waals surface area contributed by atoms with Crippen LogP contribution in [0, 0.1) is 0 Å². The first-order valence-corrected chi connectivity index (χ1v) is 11.3. The molecule has 162 valence electrons. The van der Waals surface area contributed by atoms with Gasteiger partial charge in [0.1, 0.15) is 0 Å². The molecule has 0 saturated carbocycles. The molecule has 0 spiro atoms. The Morgan fingerprint density at radius 1 is 0.935 bits per heavy atom. The molecule has 1 aromatic heterocycles. The molecule has 2 heterocycles. The molecule has 0 bridgehead atoms. The maximum Gasteiger partial charge on any atom is 0.173 e. The van der Waals surface area contributed by atoms with Crippen molar-refractivity contribution in [2.24, 2.45) is 0 Å². The molecular weight excluding hydrogens is 384 g/mol. The number of hydrogen-bond donors (Lipinski definition) is 0. The zero-order valence-corrected chi connectivity index (χ0v) is 18.3. The van der Waals surface area contributed by atoms with Gasteiger partial charge in [-0.1, -0.05) is 86.2 Å². The number of aryl methyl sites for hydroxylation is 1. The van der Waals surface area contributed by atoms with Crippen molar-refractivity contribution in [3.8, 4) is 0 Å². The van der Waals surface area contributed by atoms with Gasteiger partial charge < -0.3 is 0 Å². The summed E-state index contributed by atoms with van der Waals surface area (Å²) in [5.41, 5.74) is 2.51. The fraction of sp³-hybridized carbons (Fsp3) is 0.400. The van der Waals surface area contributed by atoms with Crippen LogP contribution in [0.5, 0.6) is 0 Å². The van der Waals surface area contributed by atoms with Crippen molar-refractivity contribution in [2.75, 3.05) is 32.7 Å². The van der Waals surface area contributed by atoms with Crippen LogP contribution in [0.15, 0.2) is 66.7 Å². The smallest absolute Gasteiger partial charge is 0.173 e. The highest BCUT2D eigenvalue weighted by Gasteiger charge is 2.30. The molecule has 0 radical (unpaired) electrons. The SMILES string of the molecule is CCCCn1nnnc1[C@H](c1ccccc1)N1CCN(CC=Cc2ccccc2)CC1. The van der Waals surface area contributed by atoms with E-state index in [1.165, 1.54) is 11.1 Å². The van der Waals surface area contributed by atoms with Crippen LogP contribution in [-0.4, -0.2) is 62.7 Å². The molecule has 0 unspecified atom stereocenters. The van der Waals surface area contributed by atoms with Gasteiger partial charge in [-0.05, 0) is 28.0 Å². The Morgan fingerprint density at radius 3 is 2.35 bits per heavy atom. The topological polar surface area (TPSA) is 50.1 Å². The Hall–Kier alpha value is -2.83. The summed E-state index contributed by atoms with van der Waals surface area (Å²) in [6.07, 6.45) is 6.69. The fourth-order valence-electron chi connectivity index (χ4n) is 4.14. The Balaban J connectivity index is 1.43. The van der Waals surface area contributed by atoms with Crippen LogP contribution in [0.25, 0.3) is 6.08 Å². The van der Waals surface area contributed by atoms with Crippen molar-refractivity contribution in [2.45, 2.75) is 32.4 Å². The largest absolute Gasteiger partial charge is 0.297 e. The summed E-state index contributed by atoms with van der Waals surface area (Å²) in [5, 5.41) is 12.8. The second-order valence-electron chi connectivity index (χ2n) is 8.08. The van der Waals surface area contributed by atoms with E-state index in [0.717, 1.165) is 57.9 Å². The summed E-state index contributed by atoms with van der Waals surface area (Å²) in [4.78, 5) is 5.04. The van der Waals surface area contributed by atoms with E-state index in [0.29, 0.717) is 0 Å². The lowest BCUT2D eigenvalue weighted by molar-refractivity contribution is 0.112. The average molecular weight is 417 g/mol. The van der Waals surface area contributed by atoms with Gasteiger partial charge in [0.15, 0.2) is 5.82 Å². The summed E-state index contributed by atoms with van der Waals surface area (Å²) < 4.78 is 2.00. The number of unbranched alkanes of at least 4 members (excludes halogenated alkanes) is 1. The Bertz CT molecular complexity index is 929. The first kappa shape index (κ1) is 21.4. The minimum Gasteiger partial charge on any atom is -0.297 e. The first-order chi connectivity index (χ1) is 15.3. The van der Waals surface area contributed by atoms with E-state index >= 15 is 0 Å². The highest BCUT2D eigenvalue weighted by molar-refractivity contribution is 5.48. The fourth-order valence-corrected chi connectivity index (χ4v) is 4.14. The number of hydrogen-bond acceptors (Lipinski definition) is 5. The number of benzene rings is 2. The van der Waals surface area contributed by atoms with Gasteiger partial charge in [0, 0.05) is 39.3 Å². The van der Waals surface area contributed by atoms with E-state index in [1.54, 1.807) is 0 Å². The lowest BCUT2D eigenvalue weighted by Crippen LogP contribution is -2.48. The summed E-state index contributed by atoms with van der Waals surface area (Å²) in [5.74, 6) is 0.956. The van der Waals surface area contributed by atoms with E-state index < -0.39 is 0 Å². The molecule has 0 amide bonds. The van der Waals surface area contributed by atoms with Gasteiger partial charge in [-0.3, -0.25) is 9.80 Å². The Labute approximate surface area is 185 Å². The molecule has 1 saturated heterocycles. The maximum absolute atomic E-state index is 4.46. The number of nitrogens with zero attached hydrogens (tertiary/aromatic N) is 6. The molecule has 4 rings (SSSR count). The monoisotopic (exact) mass is 416 g/mol. The second-order valence-corrected chi connectivity index (χ2v) is 8.08. The second kappa shape index (κ2) is 11.0. The average Bonchev–Trinajstić information content (AvgIpc) is 3.28. The third-order valence-electron chi connectivity index (χ3n) is 5.89. The van der Waals surface area contributed by atoms with Crippen molar-refractivity contribution >= 4 is 6.08 Å². The molecule has 3 aromatic rings. The molecule has 1 atom stereocenters. The number of tetrazole rings is 1. The van der Waals surface area contributed by atoms with Crippen LogP contribution in [0.3, 0.4) is 0 Å². The zero-order valence-electron chi connectivity index (χ0n) is 18.3. The van der Waals surface area contributed by atoms with E-state index in [1.807, 2.05) is 4.68 Å². The minimum absolute atomic E-state index is 0.0927. The van der Waals surface area contributed by atoms with Crippen LogP contribution in [0.1, 0.15) is 42.8 Å². The van der Waals surface area contributed by atoms with Gasteiger partial charge in [0.2, 0.25) is 0 Å². The van der Waals surface area contributed by atoms with Gasteiger partial charge in [-0.25, -0.2) is 4.68 Å². The molecule has 1 aliphatic heterocycles. The van der Waals surface area contributed by atoms with E-state index in [4.69, 9.17) is 0 Å². The van der Waals surface area contributed by atoms with Crippen molar-refractivity contribution in [1.29, 1.82) is 0 Å². The van der Waals surface area contributed by atoms with Crippen LogP contribution in [0.4, 0.5) is 0 Å². The molecule has 31 heavy (non-hydrogen) atoms. The minimum atomic E-state index is 0.0927. The van der Waals surface area contributed by atoms with Crippen LogP contribution < -0.4 is 0 Å². The van der Waals surface area contributed by atoms with Crippen molar-refractivity contribution in [3.63, 3.8) is 0 Å². The van der Waals surface area contributed by atoms with Gasteiger partial charge in [0.05, 0.1) is 6.04 Å². The molecule has 1 fully saturated rings. The lowest BCUT2D eigenvalue weighted by Gasteiger charge is -2.38. The predicted molar refractivity (Wildman–Crippen MR) is 124 cm³/mol. The number of piperazine rings is 1. The molecule has 2 aromatic carbocycles. The van der Waals surface area contributed by atoms with Crippen molar-refractivity contribution < 1.29 is 0 Å². The molecule has 0 aliphatic carbocycles. The van der Waals surface area contributed by atoms with Gasteiger partial charge in [0.25, 0.3) is 0 Å². The third kappa shape index (κ3) is 5.66. The highest BCUT2D eigenvalue weighted by atomic mass is 15.6. The van der Waals surface area contributed by atoms with Crippen LogP contribution in [-0.2, 0) is 6.54 Å². The predicted octanol–water partition coefficient (Wildman–Crippen LogP) is 3.89. The van der Waals surface area contributed by atoms with E-state index in [2.05, 4.69) is 105 Å². The maximum atomic E-state index is 4.46. The third-order valence-corrected chi connectivity index (χ3v) is 5.89. The van der Waals surface area contributed by atoms with Crippen molar-refractivity contribution in [1.82, 2.24) is 30.0 Å². The normalized spacial score (nSPS) is 16.7. The Kier molecular flexibility index (Phi) is 7.58. The lowest BCUT2D eigenvalue weighted by atomic mass is 10.0. The standard InChI is InChI=1S/C25H32N6/c1-2-3-17-31-25(26-27-28-31)24(23-14-8-5-9-15-23)30-20-18-29(19-21-30)16-10-13-22-11-6-4-7-12-22/h4-15,24H,2-3,16-21H2,1H3/t24-/m0/s1. The summed E-state index contributed by atoms with van der Waals surface area (Å²) in [6, 6.07) is 21.2. The van der Waals surface area contributed by atoms with Crippen LogP contribution >= 0.6 is 0 Å². The molecule has 1 aliphatic rings. The molecule has 0 N–H and O–H groups in total. The zero-order chi connectivity index (χ0) is 21.3. The molecule has 6 heteroatoms. The summed E-state index contributed by atoms with van der Waals surface area (Å²) >= 11 is 0. The highest BCUT2D eigenvalue weighted by Crippen LogP contribution is 2.28. The van der Waals surface area contributed by atoms with Crippen molar-refractivity contribution in [3.05, 3.63) is 83.7 Å². The number of aromatic nitrogens is 4. The van der Waals surface area contributed by atoms with E-state index in [9.17, 15) is 0 Å². The molecular formula is C25H32N6. The molecule has 6 nitrogen and oxygen atoms in total. The summed E-state index contributed by atoms with van der Waals surface area (Å²) in [6.45, 7) is 8.13. The van der Waals surface area contributed by atoms with Gasteiger partial charge in [-0.15, -0.1) is 5.10 Å². The van der Waals surface area contributed by atoms with Gasteiger partial charge >= 0.3 is 0 Å². The number of rotatable bonds is 9. The van der Waals surface area contributed by atoms with E-state index in [-0.39, 0.29) is 6.04 Å². The van der Waals surface area contributed by atoms with Crippen LogP contribution in [0.2, 0.25) is 0 Å². The van der Waals surface area contributed by atoms with Gasteiger partial charge in [-0.2, -0.15) is 0 Å². The first-order valence-electron chi connectivity index (χ1n) is 11.3. The quantitative estimate of drug-likeness (QED) is 0.530. The Morgan fingerprint density at radius 2 is 1.65 bits per heavy atom. The summed E-state index contributed by atoms with van der Waals surface area (Å²) in [7, 11) is 0.